The van der Waals surface area contributed by atoms with Crippen molar-refractivity contribution in [2.24, 2.45) is 0 Å². The molecule has 1 saturated heterocycles. The Bertz CT molecular complexity index is 1170. The van der Waals surface area contributed by atoms with Crippen molar-refractivity contribution in [1.82, 2.24) is 14.8 Å². The zero-order valence-electron chi connectivity index (χ0n) is 18.6. The SMILES string of the molecule is CCC1(c2ccccc2)NC(=O)N(CC(=O)c2cc(C)n(Cc3ccccc3)c2C)C1=O. The number of rotatable bonds is 7. The van der Waals surface area contributed by atoms with Crippen molar-refractivity contribution in [1.29, 1.82) is 0 Å². The van der Waals surface area contributed by atoms with E-state index in [1.807, 2.05) is 87.5 Å². The van der Waals surface area contributed by atoms with E-state index in [0.29, 0.717) is 18.5 Å². The third-order valence-electron chi connectivity index (χ3n) is 6.33. The van der Waals surface area contributed by atoms with Crippen LogP contribution in [0.2, 0.25) is 0 Å². The van der Waals surface area contributed by atoms with Crippen LogP contribution < -0.4 is 5.32 Å². The molecule has 1 aliphatic heterocycles. The lowest BCUT2D eigenvalue weighted by atomic mass is 9.87. The summed E-state index contributed by atoms with van der Waals surface area (Å²) in [5.74, 6) is -0.636. The van der Waals surface area contributed by atoms with Gasteiger partial charge in [0.15, 0.2) is 5.78 Å². The van der Waals surface area contributed by atoms with Crippen molar-refractivity contribution >= 4 is 17.7 Å². The number of imide groups is 1. The summed E-state index contributed by atoms with van der Waals surface area (Å²) in [7, 11) is 0. The second-order valence-corrected chi connectivity index (χ2v) is 8.23. The number of Topliss-reactive ketones (excluding diaryl/α,β-unsaturated/α-hetero) is 1. The summed E-state index contributed by atoms with van der Waals surface area (Å²) in [5, 5.41) is 2.83. The van der Waals surface area contributed by atoms with Crippen LogP contribution in [0.4, 0.5) is 4.79 Å². The van der Waals surface area contributed by atoms with Crippen molar-refractivity contribution in [2.75, 3.05) is 6.54 Å². The molecule has 1 fully saturated rings. The lowest BCUT2D eigenvalue weighted by Crippen LogP contribution is -2.43. The third kappa shape index (κ3) is 3.62. The number of nitrogens with one attached hydrogen (secondary N) is 1. The van der Waals surface area contributed by atoms with Gasteiger partial charge < -0.3 is 9.88 Å². The van der Waals surface area contributed by atoms with Crippen molar-refractivity contribution in [3.05, 3.63) is 94.8 Å². The van der Waals surface area contributed by atoms with Gasteiger partial charge in [-0.1, -0.05) is 67.6 Å². The molecule has 0 saturated carbocycles. The minimum atomic E-state index is -1.14. The molecule has 1 aromatic heterocycles. The number of aryl methyl sites for hydroxylation is 1. The predicted octanol–water partition coefficient (Wildman–Crippen LogP) is 4.19. The molecule has 4 rings (SSSR count). The van der Waals surface area contributed by atoms with E-state index in [4.69, 9.17) is 0 Å². The molecule has 3 amide bonds. The van der Waals surface area contributed by atoms with Crippen molar-refractivity contribution in [2.45, 2.75) is 39.3 Å². The number of hydrogen-bond acceptors (Lipinski definition) is 3. The summed E-state index contributed by atoms with van der Waals surface area (Å²) in [6, 6.07) is 20.5. The van der Waals surface area contributed by atoms with E-state index >= 15 is 0 Å². The summed E-state index contributed by atoms with van der Waals surface area (Å²) in [5.41, 5.74) is 3.04. The number of benzene rings is 2. The average molecular weight is 430 g/mol. The van der Waals surface area contributed by atoms with Crippen LogP contribution in [-0.4, -0.2) is 33.7 Å². The minimum Gasteiger partial charge on any atom is -0.344 e. The maximum atomic E-state index is 13.3. The summed E-state index contributed by atoms with van der Waals surface area (Å²) in [4.78, 5) is 40.3. The van der Waals surface area contributed by atoms with Gasteiger partial charge in [0.05, 0.1) is 6.54 Å². The highest BCUT2D eigenvalue weighted by atomic mass is 16.2. The van der Waals surface area contributed by atoms with Gasteiger partial charge in [0.2, 0.25) is 0 Å². The number of urea groups is 1. The quantitative estimate of drug-likeness (QED) is 0.452. The van der Waals surface area contributed by atoms with Gasteiger partial charge in [0.25, 0.3) is 5.91 Å². The van der Waals surface area contributed by atoms with Gasteiger partial charge in [0.1, 0.15) is 5.54 Å². The molecule has 0 radical (unpaired) electrons. The molecular weight excluding hydrogens is 402 g/mol. The fourth-order valence-corrected chi connectivity index (χ4v) is 4.45. The number of amides is 3. The van der Waals surface area contributed by atoms with E-state index in [1.165, 1.54) is 0 Å². The Kier molecular flexibility index (Phi) is 5.70. The number of ketones is 1. The van der Waals surface area contributed by atoms with Crippen LogP contribution in [0.5, 0.6) is 0 Å². The fraction of sp³-hybridized carbons (Fsp3) is 0.269. The zero-order valence-corrected chi connectivity index (χ0v) is 18.6. The summed E-state index contributed by atoms with van der Waals surface area (Å²) in [6.07, 6.45) is 0.401. The number of aromatic nitrogens is 1. The molecule has 1 N–H and O–H groups in total. The first kappa shape index (κ1) is 21.6. The largest absolute Gasteiger partial charge is 0.344 e. The Morgan fingerprint density at radius 1 is 0.969 bits per heavy atom. The molecule has 1 aliphatic rings. The van der Waals surface area contributed by atoms with Crippen LogP contribution in [0.3, 0.4) is 0 Å². The van der Waals surface area contributed by atoms with Crippen LogP contribution >= 0.6 is 0 Å². The van der Waals surface area contributed by atoms with Crippen LogP contribution in [0.1, 0.15) is 46.2 Å². The Morgan fingerprint density at radius 2 is 1.59 bits per heavy atom. The van der Waals surface area contributed by atoms with E-state index in [2.05, 4.69) is 9.88 Å². The Hall–Kier alpha value is -3.67. The lowest BCUT2D eigenvalue weighted by molar-refractivity contribution is -0.131. The molecule has 6 heteroatoms. The van der Waals surface area contributed by atoms with E-state index in [1.54, 1.807) is 0 Å². The van der Waals surface area contributed by atoms with Gasteiger partial charge >= 0.3 is 6.03 Å². The average Bonchev–Trinajstić information content (AvgIpc) is 3.23. The normalized spacial score (nSPS) is 18.2. The molecule has 6 nitrogen and oxygen atoms in total. The molecule has 1 atom stereocenters. The second kappa shape index (κ2) is 8.46. The number of hydrogen-bond donors (Lipinski definition) is 1. The number of nitrogens with zero attached hydrogens (tertiary/aromatic N) is 2. The molecule has 0 bridgehead atoms. The standard InChI is InChI=1S/C26H27N3O3/c1-4-26(21-13-9-6-10-14-21)24(31)29(25(32)27-26)17-23(30)22-15-18(2)28(19(22)3)16-20-11-7-5-8-12-20/h5-15H,4,16-17H2,1-3H3,(H,27,32). The maximum absolute atomic E-state index is 13.3. The number of carbonyl (C=O) groups excluding carboxylic acids is 3. The molecule has 2 heterocycles. The highest BCUT2D eigenvalue weighted by Crippen LogP contribution is 2.32. The Labute approximate surface area is 187 Å². The van der Waals surface area contributed by atoms with Crippen molar-refractivity contribution in [3.8, 4) is 0 Å². The fourth-order valence-electron chi connectivity index (χ4n) is 4.45. The first-order chi connectivity index (χ1) is 15.4. The molecule has 1 unspecified atom stereocenters. The van der Waals surface area contributed by atoms with Gasteiger partial charge in [0, 0.05) is 23.5 Å². The molecule has 32 heavy (non-hydrogen) atoms. The minimum absolute atomic E-state index is 0.249. The van der Waals surface area contributed by atoms with Crippen LogP contribution in [-0.2, 0) is 16.9 Å². The maximum Gasteiger partial charge on any atom is 0.325 e. The number of carbonyl (C=O) groups is 3. The predicted molar refractivity (Wildman–Crippen MR) is 122 cm³/mol. The monoisotopic (exact) mass is 429 g/mol. The van der Waals surface area contributed by atoms with Gasteiger partial charge in [-0.05, 0) is 37.5 Å². The first-order valence-corrected chi connectivity index (χ1v) is 10.8. The highest BCUT2D eigenvalue weighted by molar-refractivity contribution is 6.11. The topological polar surface area (TPSA) is 71.4 Å². The van der Waals surface area contributed by atoms with Gasteiger partial charge in [-0.25, -0.2) is 4.79 Å². The third-order valence-corrected chi connectivity index (χ3v) is 6.33. The molecule has 164 valence electrons. The van der Waals surface area contributed by atoms with E-state index in [9.17, 15) is 14.4 Å². The molecule has 2 aromatic carbocycles. The summed E-state index contributed by atoms with van der Waals surface area (Å²) < 4.78 is 2.08. The zero-order chi connectivity index (χ0) is 22.9. The van der Waals surface area contributed by atoms with E-state index in [0.717, 1.165) is 27.4 Å². The van der Waals surface area contributed by atoms with Crippen LogP contribution in [0, 0.1) is 13.8 Å². The van der Waals surface area contributed by atoms with Gasteiger partial charge in [-0.15, -0.1) is 0 Å². The molecule has 0 spiro atoms. The van der Waals surface area contributed by atoms with Crippen molar-refractivity contribution < 1.29 is 14.4 Å². The van der Waals surface area contributed by atoms with Crippen LogP contribution in [0.25, 0.3) is 0 Å². The Morgan fingerprint density at radius 3 is 2.22 bits per heavy atom. The first-order valence-electron chi connectivity index (χ1n) is 10.8. The smallest absolute Gasteiger partial charge is 0.325 e. The molecular formula is C26H27N3O3. The summed E-state index contributed by atoms with van der Waals surface area (Å²) in [6.45, 7) is 6.08. The molecule has 3 aromatic rings. The van der Waals surface area contributed by atoms with Gasteiger partial charge in [-0.2, -0.15) is 0 Å². The highest BCUT2D eigenvalue weighted by Gasteiger charge is 2.51. The van der Waals surface area contributed by atoms with Crippen LogP contribution in [0.15, 0.2) is 66.7 Å². The van der Waals surface area contributed by atoms with Crippen molar-refractivity contribution in [3.63, 3.8) is 0 Å². The lowest BCUT2D eigenvalue weighted by Gasteiger charge is -2.25. The van der Waals surface area contributed by atoms with Gasteiger partial charge in [-0.3, -0.25) is 14.5 Å². The van der Waals surface area contributed by atoms with E-state index in [-0.39, 0.29) is 18.2 Å². The Balaban J connectivity index is 1.57. The van der Waals surface area contributed by atoms with E-state index < -0.39 is 11.6 Å². The molecule has 0 aliphatic carbocycles. The summed E-state index contributed by atoms with van der Waals surface area (Å²) >= 11 is 0. The second-order valence-electron chi connectivity index (χ2n) is 8.23.